The van der Waals surface area contributed by atoms with Crippen LogP contribution in [0, 0.1) is 5.92 Å². The van der Waals surface area contributed by atoms with Crippen molar-refractivity contribution in [3.8, 4) is 22.6 Å². The van der Waals surface area contributed by atoms with E-state index in [0.29, 0.717) is 6.42 Å². The van der Waals surface area contributed by atoms with Crippen LogP contribution in [-0.2, 0) is 14.3 Å². The van der Waals surface area contributed by atoms with Crippen molar-refractivity contribution < 1.29 is 53.8 Å². The molecule has 1 amide bonds. The third-order valence-electron chi connectivity index (χ3n) is 8.86. The van der Waals surface area contributed by atoms with E-state index in [1.165, 1.54) is 36.4 Å². The largest absolute Gasteiger partial charge is 0.508 e. The fraction of sp³-hybridized carbons (Fsp3) is 0.297. The lowest BCUT2D eigenvalue weighted by Gasteiger charge is -2.51. The topological polar surface area (TPSA) is 239 Å². The minimum atomic E-state index is -3.09. The Hall–Kier alpha value is -5.38. The van der Waals surface area contributed by atoms with Crippen molar-refractivity contribution in [2.45, 2.75) is 49.5 Å². The van der Waals surface area contributed by atoms with Gasteiger partial charge in [-0.15, -0.1) is 0 Å². The van der Waals surface area contributed by atoms with Gasteiger partial charge in [-0.1, -0.05) is 61.5 Å². The summed E-state index contributed by atoms with van der Waals surface area (Å²) in [6.45, 7) is 1.70. The summed E-state index contributed by atoms with van der Waals surface area (Å²) in [5.74, 6) is -3.42. The Morgan fingerprint density at radius 2 is 1.78 bits per heavy atom. The number of aliphatic carboxylic acids is 1. The number of allylic oxidation sites excluding steroid dienone is 1. The minimum absolute atomic E-state index is 0.0205. The van der Waals surface area contributed by atoms with Crippen LogP contribution < -0.4 is 21.2 Å². The summed E-state index contributed by atoms with van der Waals surface area (Å²) in [4.78, 5) is 50.2. The second-order valence-electron chi connectivity index (χ2n) is 12.5. The van der Waals surface area contributed by atoms with Crippen molar-refractivity contribution in [1.29, 1.82) is 0 Å². The number of aldehydes is 1. The summed E-state index contributed by atoms with van der Waals surface area (Å²) in [6, 6.07) is 18.9. The molecule has 6 atom stereocenters. The number of phenolic OH excluding ortho intramolecular Hbond substituents is 1. The number of phenols is 1. The number of ether oxygens (including phenoxy) is 2. The first-order valence-corrected chi connectivity index (χ1v) is 16.1. The number of carbonyl (C=O) groups is 3. The van der Waals surface area contributed by atoms with Crippen LogP contribution in [-0.4, -0.2) is 86.5 Å². The molecule has 14 nitrogen and oxygen atoms in total. The van der Waals surface area contributed by atoms with Crippen LogP contribution in [0.1, 0.15) is 35.9 Å². The number of fused-ring (bicyclic) bond motifs is 1. The van der Waals surface area contributed by atoms with Crippen LogP contribution in [0.3, 0.4) is 0 Å². The SMILES string of the molecule is C[C@@H](C/C=C/c1ccccc1)CCNC[C@]1(O)[C@H](Oc2ccc3c(=O)c(-c4ccc(O)cc4)c(C(N)=O)oc3c2)O[C@H](C(=O)O)[C@@H](O)[C@@]1(O)C=O. The number of hydrogen-bond donors (Lipinski definition) is 7. The molecule has 0 radical (unpaired) electrons. The van der Waals surface area contributed by atoms with E-state index in [0.717, 1.165) is 18.1 Å². The van der Waals surface area contributed by atoms with E-state index >= 15 is 0 Å². The number of hydrogen-bond acceptors (Lipinski definition) is 12. The molecule has 2 heterocycles. The summed E-state index contributed by atoms with van der Waals surface area (Å²) in [5.41, 5.74) is -0.00177. The molecule has 0 saturated carbocycles. The Bertz CT molecular complexity index is 1980. The maximum absolute atomic E-state index is 13.5. The zero-order chi connectivity index (χ0) is 36.9. The highest BCUT2D eigenvalue weighted by Gasteiger charge is 2.67. The Kier molecular flexibility index (Phi) is 11.0. The number of aliphatic hydroxyl groups excluding tert-OH is 1. The smallest absolute Gasteiger partial charge is 0.335 e. The highest BCUT2D eigenvalue weighted by Crippen LogP contribution is 2.39. The van der Waals surface area contributed by atoms with Gasteiger partial charge in [-0.25, -0.2) is 4.79 Å². The van der Waals surface area contributed by atoms with Gasteiger partial charge in [-0.2, -0.15) is 0 Å². The monoisotopic (exact) mass is 702 g/mol. The molecule has 0 unspecified atom stereocenters. The summed E-state index contributed by atoms with van der Waals surface area (Å²) in [7, 11) is 0. The van der Waals surface area contributed by atoms with E-state index in [1.54, 1.807) is 0 Å². The molecule has 268 valence electrons. The molecule has 1 saturated heterocycles. The predicted molar refractivity (Wildman–Crippen MR) is 184 cm³/mol. The number of carboxylic acid groups (broad SMARTS) is 1. The molecule has 0 spiro atoms. The molecular weight excluding hydrogens is 664 g/mol. The van der Waals surface area contributed by atoms with Crippen LogP contribution in [0.25, 0.3) is 28.2 Å². The fourth-order valence-corrected chi connectivity index (χ4v) is 5.89. The maximum atomic E-state index is 13.5. The minimum Gasteiger partial charge on any atom is -0.508 e. The van der Waals surface area contributed by atoms with Crippen molar-refractivity contribution in [2.24, 2.45) is 11.7 Å². The second-order valence-corrected chi connectivity index (χ2v) is 12.5. The van der Waals surface area contributed by atoms with E-state index in [-0.39, 0.29) is 52.3 Å². The predicted octanol–water partition coefficient (Wildman–Crippen LogP) is 2.19. The van der Waals surface area contributed by atoms with Crippen LogP contribution in [0.5, 0.6) is 11.5 Å². The van der Waals surface area contributed by atoms with Gasteiger partial charge in [0, 0.05) is 12.6 Å². The summed E-state index contributed by atoms with van der Waals surface area (Å²) in [6.07, 6.45) is -1.47. The third kappa shape index (κ3) is 7.55. The van der Waals surface area contributed by atoms with E-state index in [1.807, 2.05) is 49.4 Å². The highest BCUT2D eigenvalue weighted by atomic mass is 16.7. The fourth-order valence-electron chi connectivity index (χ4n) is 5.89. The molecule has 14 heteroatoms. The number of benzene rings is 3. The van der Waals surface area contributed by atoms with E-state index in [9.17, 15) is 44.7 Å². The molecule has 1 aromatic heterocycles. The zero-order valence-corrected chi connectivity index (χ0v) is 27.5. The standard InChI is InChI=1S/C37H38N2O12/c1-21(6-5-9-22-7-3-2-4-8-22)16-17-39-19-36(47)35(51-31(34(45)46)32(43)37(36,48)20-40)49-25-14-15-26-27(18-25)50-30(33(38)44)28(29(26)42)23-10-12-24(41)13-11-23/h2-5,7-15,18,20-21,31-32,35,39,41,43,47-48H,6,16-17,19H2,1H3,(H2,38,44)(H,45,46)/b9-5+/t21-,31-,32+,35+,36-,37-/m0/s1. The molecule has 3 aromatic carbocycles. The van der Waals surface area contributed by atoms with Gasteiger partial charge in [-0.05, 0) is 60.7 Å². The van der Waals surface area contributed by atoms with Gasteiger partial charge in [0.15, 0.2) is 23.6 Å². The number of aromatic hydroxyl groups is 1. The summed E-state index contributed by atoms with van der Waals surface area (Å²) < 4.78 is 17.0. The van der Waals surface area contributed by atoms with Crippen LogP contribution >= 0.6 is 0 Å². The van der Waals surface area contributed by atoms with Gasteiger partial charge in [-0.3, -0.25) is 14.4 Å². The Morgan fingerprint density at radius 1 is 1.08 bits per heavy atom. The number of nitrogens with two attached hydrogens (primary N) is 1. The average Bonchev–Trinajstić information content (AvgIpc) is 3.11. The first-order valence-electron chi connectivity index (χ1n) is 16.1. The van der Waals surface area contributed by atoms with Crippen molar-refractivity contribution in [3.63, 3.8) is 0 Å². The third-order valence-corrected chi connectivity index (χ3v) is 8.86. The number of rotatable bonds is 14. The number of nitrogens with one attached hydrogen (secondary N) is 1. The van der Waals surface area contributed by atoms with E-state index in [2.05, 4.69) is 5.32 Å². The lowest BCUT2D eigenvalue weighted by molar-refractivity contribution is -0.334. The molecular formula is C37H38N2O12. The Labute approximate surface area is 291 Å². The van der Waals surface area contributed by atoms with Crippen LogP contribution in [0.4, 0.5) is 0 Å². The van der Waals surface area contributed by atoms with Crippen molar-refractivity contribution in [2.75, 3.05) is 13.1 Å². The van der Waals surface area contributed by atoms with Crippen LogP contribution in [0.15, 0.2) is 88.1 Å². The number of primary amides is 1. The van der Waals surface area contributed by atoms with Gasteiger partial charge in [0.1, 0.15) is 23.2 Å². The zero-order valence-electron chi connectivity index (χ0n) is 27.5. The van der Waals surface area contributed by atoms with Crippen LogP contribution in [0.2, 0.25) is 0 Å². The van der Waals surface area contributed by atoms with Crippen molar-refractivity contribution in [1.82, 2.24) is 5.32 Å². The molecule has 1 aliphatic heterocycles. The van der Waals surface area contributed by atoms with Crippen molar-refractivity contribution in [3.05, 3.63) is 100 Å². The second kappa shape index (κ2) is 15.2. The Morgan fingerprint density at radius 3 is 2.43 bits per heavy atom. The molecule has 8 N–H and O–H groups in total. The summed E-state index contributed by atoms with van der Waals surface area (Å²) in [5, 5.41) is 56.3. The molecule has 1 fully saturated rings. The van der Waals surface area contributed by atoms with Gasteiger partial charge in [0.2, 0.25) is 17.5 Å². The molecule has 51 heavy (non-hydrogen) atoms. The van der Waals surface area contributed by atoms with Crippen molar-refractivity contribution >= 4 is 35.2 Å². The molecule has 0 bridgehead atoms. The van der Waals surface area contributed by atoms with Gasteiger partial charge >= 0.3 is 5.97 Å². The first kappa shape index (κ1) is 36.9. The van der Waals surface area contributed by atoms with Gasteiger partial charge in [0.25, 0.3) is 5.91 Å². The molecule has 5 rings (SSSR count). The first-order chi connectivity index (χ1) is 24.3. The highest BCUT2D eigenvalue weighted by molar-refractivity contribution is 5.99. The quantitative estimate of drug-likeness (QED) is 0.0738. The van der Waals surface area contributed by atoms with E-state index < -0.39 is 59.3 Å². The van der Waals surface area contributed by atoms with Gasteiger partial charge < -0.3 is 50.5 Å². The lowest BCUT2D eigenvalue weighted by Crippen LogP contribution is -2.79. The van der Waals surface area contributed by atoms with E-state index in [4.69, 9.17) is 19.6 Å². The number of carboxylic acids is 1. The number of carbonyl (C=O) groups excluding carboxylic acids is 2. The lowest BCUT2D eigenvalue weighted by atomic mass is 9.74. The number of amides is 1. The molecule has 0 aliphatic carbocycles. The molecule has 1 aliphatic rings. The molecule has 4 aromatic rings. The number of aliphatic hydroxyl groups is 3. The van der Waals surface area contributed by atoms with Gasteiger partial charge in [0.05, 0.1) is 10.9 Å². The summed E-state index contributed by atoms with van der Waals surface area (Å²) >= 11 is 0. The average molecular weight is 703 g/mol. The maximum Gasteiger partial charge on any atom is 0.335 e. The Balaban J connectivity index is 1.40. The normalized spacial score (nSPS) is 24.0.